The summed E-state index contributed by atoms with van der Waals surface area (Å²) in [6.45, 7) is 1.09. The number of carboxylic acids is 1. The van der Waals surface area contributed by atoms with Gasteiger partial charge in [0.1, 0.15) is 5.69 Å². The number of amides is 1. The number of H-pyrrole nitrogens is 1. The van der Waals surface area contributed by atoms with Gasteiger partial charge in [-0.2, -0.15) is 0 Å². The van der Waals surface area contributed by atoms with Crippen molar-refractivity contribution in [2.45, 2.75) is 12.5 Å². The van der Waals surface area contributed by atoms with Crippen LogP contribution in [0, 0.1) is 0 Å². The van der Waals surface area contributed by atoms with E-state index in [1.165, 1.54) is 12.4 Å². The van der Waals surface area contributed by atoms with Crippen molar-refractivity contribution in [2.75, 3.05) is 12.4 Å². The van der Waals surface area contributed by atoms with E-state index in [9.17, 15) is 14.4 Å². The number of rotatable bonds is 4. The lowest BCUT2D eigenvalue weighted by atomic mass is 10.1. The fourth-order valence-corrected chi connectivity index (χ4v) is 1.42. The Balaban J connectivity index is 3.05. The van der Waals surface area contributed by atoms with Gasteiger partial charge >= 0.3 is 5.97 Å². The molecule has 0 saturated carbocycles. The van der Waals surface area contributed by atoms with Crippen molar-refractivity contribution < 1.29 is 19.4 Å². The Kier molecular flexibility index (Phi) is 4.25. The molecule has 0 bridgehead atoms. The number of hydrogen-bond donors (Lipinski definition) is 3. The summed E-state index contributed by atoms with van der Waals surface area (Å²) in [6, 6.07) is 0. The zero-order chi connectivity index (χ0) is 13.9. The maximum Gasteiger partial charge on any atom is 0.345 e. The van der Waals surface area contributed by atoms with E-state index in [2.05, 4.69) is 31.0 Å². The molecule has 0 aliphatic rings. The van der Waals surface area contributed by atoms with Gasteiger partial charge in [0.25, 0.3) is 5.91 Å². The predicted octanol–water partition coefficient (Wildman–Crippen LogP) is 0.566. The molecule has 1 unspecified atom stereocenters. The van der Waals surface area contributed by atoms with Crippen molar-refractivity contribution in [3.63, 3.8) is 0 Å². The first kappa shape index (κ1) is 14.4. The third kappa shape index (κ3) is 2.59. The lowest BCUT2D eigenvalue weighted by Gasteiger charge is -2.21. The summed E-state index contributed by atoms with van der Waals surface area (Å²) in [4.78, 5) is 37.0. The molecule has 0 saturated heterocycles. The van der Waals surface area contributed by atoms with Crippen LogP contribution in [0.4, 0.5) is 5.69 Å². The van der Waals surface area contributed by atoms with Gasteiger partial charge in [0.15, 0.2) is 0 Å². The van der Waals surface area contributed by atoms with E-state index in [0.717, 1.165) is 14.0 Å². The van der Waals surface area contributed by atoms with Crippen molar-refractivity contribution in [1.29, 1.82) is 0 Å². The number of carboxylic acid groups (broad SMARTS) is 1. The van der Waals surface area contributed by atoms with Crippen molar-refractivity contribution in [3.8, 4) is 0 Å². The molecular weight excluding hydrogens is 308 g/mol. The monoisotopic (exact) mass is 318 g/mol. The minimum Gasteiger partial charge on any atom is -0.479 e. The molecule has 18 heavy (non-hydrogen) atoms. The van der Waals surface area contributed by atoms with Gasteiger partial charge < -0.3 is 20.1 Å². The highest BCUT2D eigenvalue weighted by Gasteiger charge is 2.42. The summed E-state index contributed by atoms with van der Waals surface area (Å²) in [6.07, 6.45) is 2.65. The molecule has 1 rings (SSSR count). The summed E-state index contributed by atoms with van der Waals surface area (Å²) >= 11 is 2.99. The molecule has 1 aromatic rings. The molecular formula is C10H11BrN2O5. The Morgan fingerprint density at radius 2 is 2.11 bits per heavy atom. The van der Waals surface area contributed by atoms with E-state index in [1.807, 2.05) is 0 Å². The molecule has 98 valence electrons. The Hall–Kier alpha value is -1.67. The van der Waals surface area contributed by atoms with Crippen molar-refractivity contribution in [3.05, 3.63) is 27.1 Å². The number of nitrogens with one attached hydrogen (secondary N) is 2. The third-order valence-electron chi connectivity index (χ3n) is 2.40. The Morgan fingerprint density at radius 3 is 2.61 bits per heavy atom. The summed E-state index contributed by atoms with van der Waals surface area (Å²) in [5.41, 5.74) is -2.60. The number of ether oxygens (including phenoxy) is 1. The van der Waals surface area contributed by atoms with Crippen LogP contribution in [0.1, 0.15) is 6.92 Å². The quantitative estimate of drug-likeness (QED) is 0.703. The van der Waals surface area contributed by atoms with Crippen LogP contribution in [0.15, 0.2) is 21.7 Å². The van der Waals surface area contributed by atoms with Crippen LogP contribution >= 0.6 is 15.9 Å². The highest BCUT2D eigenvalue weighted by molar-refractivity contribution is 9.10. The minimum absolute atomic E-state index is 0.0705. The normalized spacial score (nSPS) is 13.7. The first-order valence-electron chi connectivity index (χ1n) is 4.79. The number of hydrogen-bond acceptors (Lipinski definition) is 4. The average Bonchev–Trinajstić information content (AvgIpc) is 2.33. The van der Waals surface area contributed by atoms with Gasteiger partial charge in [-0.3, -0.25) is 9.59 Å². The minimum atomic E-state index is -2.06. The highest BCUT2D eigenvalue weighted by atomic mass is 79.9. The van der Waals surface area contributed by atoms with Crippen molar-refractivity contribution >= 4 is 33.5 Å². The molecule has 8 heteroatoms. The van der Waals surface area contributed by atoms with Crippen LogP contribution in [-0.2, 0) is 14.3 Å². The van der Waals surface area contributed by atoms with E-state index < -0.39 is 22.9 Å². The molecule has 3 N–H and O–H groups in total. The molecule has 0 fully saturated rings. The SMILES string of the molecule is COC(C)(C(=O)O)C(=O)Nc1c[nH]cc(Br)c1=O. The second-order valence-electron chi connectivity index (χ2n) is 3.54. The van der Waals surface area contributed by atoms with Gasteiger partial charge in [-0.05, 0) is 22.9 Å². The largest absolute Gasteiger partial charge is 0.479 e. The number of carbonyl (C=O) groups is 2. The van der Waals surface area contributed by atoms with Crippen molar-refractivity contribution in [1.82, 2.24) is 4.98 Å². The smallest absolute Gasteiger partial charge is 0.345 e. The maximum atomic E-state index is 11.8. The lowest BCUT2D eigenvalue weighted by molar-refractivity contribution is -0.165. The molecule has 1 atom stereocenters. The maximum absolute atomic E-state index is 11.8. The van der Waals surface area contributed by atoms with Gasteiger partial charge in [0.2, 0.25) is 11.0 Å². The van der Waals surface area contributed by atoms with Gasteiger partial charge in [0.05, 0.1) is 4.47 Å². The summed E-state index contributed by atoms with van der Waals surface area (Å²) in [7, 11) is 1.10. The highest BCUT2D eigenvalue weighted by Crippen LogP contribution is 2.13. The van der Waals surface area contributed by atoms with Crippen LogP contribution in [-0.4, -0.2) is 34.7 Å². The predicted molar refractivity (Wildman–Crippen MR) is 66.4 cm³/mol. The number of pyridine rings is 1. The number of carbonyl (C=O) groups excluding carboxylic acids is 1. The van der Waals surface area contributed by atoms with E-state index in [4.69, 9.17) is 5.11 Å². The molecule has 0 aliphatic carbocycles. The molecule has 0 aliphatic heterocycles. The third-order valence-corrected chi connectivity index (χ3v) is 2.99. The molecule has 0 spiro atoms. The van der Waals surface area contributed by atoms with Crippen LogP contribution in [0.25, 0.3) is 0 Å². The standard InChI is InChI=1S/C10H11BrN2O5/c1-10(18-2,9(16)17)8(15)13-6-4-12-3-5(11)7(6)14/h3-4H,1-2H3,(H,12,14)(H,13,15)(H,16,17). The van der Waals surface area contributed by atoms with Gasteiger partial charge in [0, 0.05) is 19.5 Å². The number of aromatic nitrogens is 1. The van der Waals surface area contributed by atoms with E-state index >= 15 is 0 Å². The second-order valence-corrected chi connectivity index (χ2v) is 4.40. The fourth-order valence-electron chi connectivity index (χ4n) is 1.07. The van der Waals surface area contributed by atoms with Gasteiger partial charge in [-0.1, -0.05) is 0 Å². The number of aliphatic carboxylic acids is 1. The van der Waals surface area contributed by atoms with Crippen LogP contribution < -0.4 is 10.7 Å². The number of halogens is 1. The second kappa shape index (κ2) is 5.32. The van der Waals surface area contributed by atoms with E-state index in [1.54, 1.807) is 0 Å². The van der Waals surface area contributed by atoms with Crippen LogP contribution in [0.3, 0.4) is 0 Å². The molecule has 0 radical (unpaired) electrons. The molecule has 1 aromatic heterocycles. The fraction of sp³-hybridized carbons (Fsp3) is 0.300. The summed E-state index contributed by atoms with van der Waals surface area (Å²) in [5, 5.41) is 11.1. The first-order chi connectivity index (χ1) is 8.32. The lowest BCUT2D eigenvalue weighted by Crippen LogP contribution is -2.49. The number of anilines is 1. The molecule has 1 heterocycles. The first-order valence-corrected chi connectivity index (χ1v) is 5.59. The van der Waals surface area contributed by atoms with E-state index in [0.29, 0.717) is 0 Å². The molecule has 1 amide bonds. The van der Waals surface area contributed by atoms with E-state index in [-0.39, 0.29) is 10.2 Å². The van der Waals surface area contributed by atoms with Crippen LogP contribution in [0.5, 0.6) is 0 Å². The number of methoxy groups -OCH3 is 1. The van der Waals surface area contributed by atoms with Crippen molar-refractivity contribution in [2.24, 2.45) is 0 Å². The zero-order valence-electron chi connectivity index (χ0n) is 9.61. The number of aromatic amines is 1. The topological polar surface area (TPSA) is 108 Å². The average molecular weight is 319 g/mol. The molecule has 7 nitrogen and oxygen atoms in total. The Labute approximate surface area is 110 Å². The Bertz CT molecular complexity index is 541. The van der Waals surface area contributed by atoms with Gasteiger partial charge in [-0.25, -0.2) is 4.79 Å². The van der Waals surface area contributed by atoms with Gasteiger partial charge in [-0.15, -0.1) is 0 Å². The Morgan fingerprint density at radius 1 is 1.50 bits per heavy atom. The summed E-state index contributed by atoms with van der Waals surface area (Å²) in [5.74, 6) is -2.39. The summed E-state index contributed by atoms with van der Waals surface area (Å²) < 4.78 is 4.89. The zero-order valence-corrected chi connectivity index (χ0v) is 11.2. The molecule has 0 aromatic carbocycles. The van der Waals surface area contributed by atoms with Crippen LogP contribution in [0.2, 0.25) is 0 Å².